The van der Waals surface area contributed by atoms with Crippen LogP contribution in [0, 0.1) is 0 Å². The van der Waals surface area contributed by atoms with Crippen LogP contribution >= 0.6 is 12.6 Å². The Morgan fingerprint density at radius 3 is 2.88 bits per heavy atom. The zero-order valence-electron chi connectivity index (χ0n) is 9.46. The Morgan fingerprint density at radius 1 is 1.65 bits per heavy atom. The summed E-state index contributed by atoms with van der Waals surface area (Å²) in [5, 5.41) is 11.5. The number of carbonyl (C=O) groups excluding carboxylic acids is 1. The van der Waals surface area contributed by atoms with Gasteiger partial charge in [-0.15, -0.1) is 0 Å². The molecule has 1 rings (SSSR count). The van der Waals surface area contributed by atoms with Crippen LogP contribution in [-0.2, 0) is 11.2 Å². The molecule has 0 bridgehead atoms. The molecule has 0 aliphatic rings. The summed E-state index contributed by atoms with van der Waals surface area (Å²) in [6, 6.07) is -0.0838. The van der Waals surface area contributed by atoms with Crippen LogP contribution in [0.4, 0.5) is 4.79 Å². The van der Waals surface area contributed by atoms with Gasteiger partial charge in [-0.1, -0.05) is 0 Å². The molecule has 1 heterocycles. The minimum absolute atomic E-state index is 0.0647. The first-order valence-corrected chi connectivity index (χ1v) is 5.82. The summed E-state index contributed by atoms with van der Waals surface area (Å²) in [5.41, 5.74) is 0.631. The lowest BCUT2D eigenvalue weighted by atomic mass is 10.2. The van der Waals surface area contributed by atoms with E-state index in [1.807, 2.05) is 6.92 Å². The number of nitrogens with one attached hydrogen (secondary N) is 1. The minimum Gasteiger partial charge on any atom is -0.464 e. The molecular formula is C10H15N3O3S. The van der Waals surface area contributed by atoms with E-state index in [2.05, 4.69) is 22.9 Å². The van der Waals surface area contributed by atoms with E-state index in [0.717, 1.165) is 4.57 Å². The number of thiol groups is 1. The molecule has 0 aromatic carbocycles. The fraction of sp³-hybridized carbons (Fsp3) is 0.500. The quantitative estimate of drug-likeness (QED) is 0.680. The van der Waals surface area contributed by atoms with Gasteiger partial charge in [-0.3, -0.25) is 4.79 Å². The van der Waals surface area contributed by atoms with E-state index in [1.165, 1.54) is 12.5 Å². The van der Waals surface area contributed by atoms with Gasteiger partial charge >= 0.3 is 6.09 Å². The number of carbonyl (C=O) groups is 2. The number of aromatic nitrogens is 2. The van der Waals surface area contributed by atoms with Crippen molar-refractivity contribution in [1.82, 2.24) is 14.9 Å². The normalized spacial score (nSPS) is 12.1. The van der Waals surface area contributed by atoms with Gasteiger partial charge in [-0.2, -0.15) is 12.6 Å². The standard InChI is InChI=1S/C10H15N3O3S/c1-7(12-9(14)2-3-17)4-8-5-13(6-11-8)10(15)16/h5-7,17H,2-4H2,1H3,(H,12,14)(H,15,16)/t7-/m1/s1. The number of hydrogen-bond donors (Lipinski definition) is 3. The maximum atomic E-state index is 11.3. The number of rotatable bonds is 5. The number of imidazole rings is 1. The fourth-order valence-electron chi connectivity index (χ4n) is 1.39. The molecule has 17 heavy (non-hydrogen) atoms. The predicted octanol–water partition coefficient (Wildman–Crippen LogP) is 0.776. The summed E-state index contributed by atoms with van der Waals surface area (Å²) >= 11 is 3.97. The molecule has 6 nitrogen and oxygen atoms in total. The van der Waals surface area contributed by atoms with E-state index in [1.54, 1.807) is 0 Å². The van der Waals surface area contributed by atoms with Gasteiger partial charge in [0.25, 0.3) is 0 Å². The molecular weight excluding hydrogens is 242 g/mol. The summed E-state index contributed by atoms with van der Waals surface area (Å²) in [5.74, 6) is 0.441. The predicted molar refractivity (Wildman–Crippen MR) is 65.4 cm³/mol. The number of amides is 1. The minimum atomic E-state index is -1.07. The van der Waals surface area contributed by atoms with Gasteiger partial charge in [0.1, 0.15) is 6.33 Å². The molecule has 0 saturated carbocycles. The highest BCUT2D eigenvalue weighted by atomic mass is 32.1. The van der Waals surface area contributed by atoms with Gasteiger partial charge in [0.2, 0.25) is 5.91 Å². The lowest BCUT2D eigenvalue weighted by molar-refractivity contribution is -0.121. The molecule has 0 fully saturated rings. The van der Waals surface area contributed by atoms with Crippen LogP contribution in [0.5, 0.6) is 0 Å². The Labute approximate surface area is 104 Å². The Kier molecular flexibility index (Phi) is 5.02. The van der Waals surface area contributed by atoms with Gasteiger partial charge in [-0.25, -0.2) is 14.3 Å². The summed E-state index contributed by atoms with van der Waals surface area (Å²) in [4.78, 5) is 25.8. The maximum absolute atomic E-state index is 11.3. The first-order valence-electron chi connectivity index (χ1n) is 5.19. The summed E-state index contributed by atoms with van der Waals surface area (Å²) in [6.07, 6.45) is 2.47. The van der Waals surface area contributed by atoms with Crippen LogP contribution < -0.4 is 5.32 Å². The van der Waals surface area contributed by atoms with Crippen LogP contribution in [0.3, 0.4) is 0 Å². The number of hydrogen-bond acceptors (Lipinski definition) is 4. The molecule has 2 N–H and O–H groups in total. The molecule has 1 amide bonds. The van der Waals surface area contributed by atoms with Gasteiger partial charge in [0, 0.05) is 25.1 Å². The molecule has 0 saturated heterocycles. The van der Waals surface area contributed by atoms with E-state index in [0.29, 0.717) is 24.3 Å². The molecule has 0 spiro atoms. The van der Waals surface area contributed by atoms with Crippen molar-refractivity contribution in [3.63, 3.8) is 0 Å². The van der Waals surface area contributed by atoms with Crippen molar-refractivity contribution in [2.45, 2.75) is 25.8 Å². The van der Waals surface area contributed by atoms with Gasteiger partial charge in [-0.05, 0) is 12.7 Å². The first-order chi connectivity index (χ1) is 8.02. The van der Waals surface area contributed by atoms with Gasteiger partial charge in [0.15, 0.2) is 0 Å². The second-order valence-corrected chi connectivity index (χ2v) is 4.15. The molecule has 0 radical (unpaired) electrons. The Hall–Kier alpha value is -1.50. The average molecular weight is 257 g/mol. The summed E-state index contributed by atoms with van der Waals surface area (Å²) in [7, 11) is 0. The second kappa shape index (κ2) is 6.29. The third kappa shape index (κ3) is 4.48. The van der Waals surface area contributed by atoms with Gasteiger partial charge in [0.05, 0.1) is 5.69 Å². The maximum Gasteiger partial charge on any atom is 0.416 e. The van der Waals surface area contributed by atoms with Crippen molar-refractivity contribution >= 4 is 24.6 Å². The van der Waals surface area contributed by atoms with E-state index < -0.39 is 6.09 Å². The molecule has 1 atom stereocenters. The van der Waals surface area contributed by atoms with E-state index >= 15 is 0 Å². The lowest BCUT2D eigenvalue weighted by Gasteiger charge is -2.11. The fourth-order valence-corrected chi connectivity index (χ4v) is 1.59. The van der Waals surface area contributed by atoms with E-state index in [9.17, 15) is 9.59 Å². The third-order valence-electron chi connectivity index (χ3n) is 2.12. The molecule has 0 aliphatic carbocycles. The van der Waals surface area contributed by atoms with Gasteiger partial charge < -0.3 is 10.4 Å². The van der Waals surface area contributed by atoms with Crippen molar-refractivity contribution < 1.29 is 14.7 Å². The number of nitrogens with zero attached hydrogens (tertiary/aromatic N) is 2. The number of carboxylic acid groups (broad SMARTS) is 1. The third-order valence-corrected chi connectivity index (χ3v) is 2.34. The zero-order valence-corrected chi connectivity index (χ0v) is 10.4. The van der Waals surface area contributed by atoms with E-state index in [4.69, 9.17) is 5.11 Å². The molecule has 0 aliphatic heterocycles. The highest BCUT2D eigenvalue weighted by molar-refractivity contribution is 7.80. The largest absolute Gasteiger partial charge is 0.464 e. The van der Waals surface area contributed by atoms with Crippen molar-refractivity contribution in [3.8, 4) is 0 Å². The monoisotopic (exact) mass is 257 g/mol. The SMILES string of the molecule is C[C@H](Cc1cn(C(=O)O)cn1)NC(=O)CCS. The van der Waals surface area contributed by atoms with E-state index in [-0.39, 0.29) is 11.9 Å². The molecule has 94 valence electrons. The Bertz CT molecular complexity index is 405. The van der Waals surface area contributed by atoms with Crippen LogP contribution in [0.2, 0.25) is 0 Å². The topological polar surface area (TPSA) is 84.2 Å². The Morgan fingerprint density at radius 2 is 2.35 bits per heavy atom. The average Bonchev–Trinajstić information content (AvgIpc) is 2.66. The van der Waals surface area contributed by atoms with Crippen molar-refractivity contribution in [2.24, 2.45) is 0 Å². The summed E-state index contributed by atoms with van der Waals surface area (Å²) in [6.45, 7) is 1.84. The highest BCUT2D eigenvalue weighted by Crippen LogP contribution is 2.01. The van der Waals surface area contributed by atoms with Crippen molar-refractivity contribution in [1.29, 1.82) is 0 Å². The molecule has 1 aromatic rings. The first kappa shape index (κ1) is 13.6. The highest BCUT2D eigenvalue weighted by Gasteiger charge is 2.10. The van der Waals surface area contributed by atoms with Crippen LogP contribution in [0.1, 0.15) is 19.0 Å². The lowest BCUT2D eigenvalue weighted by Crippen LogP contribution is -2.34. The molecule has 1 aromatic heterocycles. The second-order valence-electron chi connectivity index (χ2n) is 3.70. The van der Waals surface area contributed by atoms with Crippen LogP contribution in [-0.4, -0.2) is 38.5 Å². The van der Waals surface area contributed by atoms with Crippen molar-refractivity contribution in [2.75, 3.05) is 5.75 Å². The summed E-state index contributed by atoms with van der Waals surface area (Å²) < 4.78 is 0.984. The molecule has 7 heteroatoms. The Balaban J connectivity index is 2.47. The molecule has 0 unspecified atom stereocenters. The van der Waals surface area contributed by atoms with Crippen molar-refractivity contribution in [3.05, 3.63) is 18.2 Å². The van der Waals surface area contributed by atoms with Crippen LogP contribution in [0.15, 0.2) is 12.5 Å². The van der Waals surface area contributed by atoms with Crippen LogP contribution in [0.25, 0.3) is 0 Å². The zero-order chi connectivity index (χ0) is 12.8. The smallest absolute Gasteiger partial charge is 0.416 e.